The molecule has 1 saturated carbocycles. The molecule has 0 bridgehead atoms. The van der Waals surface area contributed by atoms with Gasteiger partial charge in [0.2, 0.25) is 5.91 Å². The van der Waals surface area contributed by atoms with E-state index in [1.165, 1.54) is 0 Å². The van der Waals surface area contributed by atoms with E-state index in [4.69, 9.17) is 10.8 Å². The van der Waals surface area contributed by atoms with Crippen LogP contribution in [0.25, 0.3) is 0 Å². The number of rotatable bonds is 6. The van der Waals surface area contributed by atoms with E-state index in [9.17, 15) is 9.59 Å². The molecule has 1 amide bonds. The van der Waals surface area contributed by atoms with Crippen LogP contribution in [-0.2, 0) is 9.59 Å². The fraction of sp³-hybridized carbons (Fsp3) is 0.846. The Morgan fingerprint density at radius 2 is 1.89 bits per heavy atom. The Kier molecular flexibility index (Phi) is 5.14. The van der Waals surface area contributed by atoms with Crippen LogP contribution in [0, 0.1) is 11.3 Å². The van der Waals surface area contributed by atoms with Gasteiger partial charge < -0.3 is 16.2 Å². The summed E-state index contributed by atoms with van der Waals surface area (Å²) >= 11 is 0. The molecule has 0 radical (unpaired) electrons. The molecular weight excluding hydrogens is 232 g/mol. The SMILES string of the molecule is CC(C)C(CC(=O)O)NC(=O)C1(CN)CCCC1. The molecule has 0 aliphatic heterocycles. The molecule has 5 heteroatoms. The van der Waals surface area contributed by atoms with E-state index in [0.29, 0.717) is 6.54 Å². The van der Waals surface area contributed by atoms with E-state index < -0.39 is 11.4 Å². The molecule has 1 aliphatic carbocycles. The van der Waals surface area contributed by atoms with Crippen LogP contribution in [0.1, 0.15) is 46.0 Å². The summed E-state index contributed by atoms with van der Waals surface area (Å²) in [5, 5.41) is 11.7. The van der Waals surface area contributed by atoms with Gasteiger partial charge in [-0.2, -0.15) is 0 Å². The molecule has 18 heavy (non-hydrogen) atoms. The number of carboxylic acid groups (broad SMARTS) is 1. The molecule has 5 nitrogen and oxygen atoms in total. The molecule has 1 unspecified atom stereocenters. The average Bonchev–Trinajstić information content (AvgIpc) is 2.77. The third-order valence-electron chi connectivity index (χ3n) is 3.95. The van der Waals surface area contributed by atoms with Crippen molar-refractivity contribution < 1.29 is 14.7 Å². The van der Waals surface area contributed by atoms with Crippen LogP contribution >= 0.6 is 0 Å². The van der Waals surface area contributed by atoms with Gasteiger partial charge in [-0.1, -0.05) is 26.7 Å². The lowest BCUT2D eigenvalue weighted by Crippen LogP contribution is -2.50. The number of nitrogens with one attached hydrogen (secondary N) is 1. The van der Waals surface area contributed by atoms with Crippen LogP contribution in [0.15, 0.2) is 0 Å². The van der Waals surface area contributed by atoms with Crippen molar-refractivity contribution in [1.82, 2.24) is 5.32 Å². The van der Waals surface area contributed by atoms with Gasteiger partial charge in [-0.15, -0.1) is 0 Å². The summed E-state index contributed by atoms with van der Waals surface area (Å²) in [5.74, 6) is -0.856. The summed E-state index contributed by atoms with van der Waals surface area (Å²) in [6, 6.07) is -0.320. The summed E-state index contributed by atoms with van der Waals surface area (Å²) in [6.45, 7) is 4.17. The van der Waals surface area contributed by atoms with E-state index in [1.807, 2.05) is 13.8 Å². The highest BCUT2D eigenvalue weighted by atomic mass is 16.4. The molecule has 0 heterocycles. The number of hydrogen-bond acceptors (Lipinski definition) is 3. The first-order valence-corrected chi connectivity index (χ1v) is 6.64. The molecule has 104 valence electrons. The molecule has 1 fully saturated rings. The van der Waals surface area contributed by atoms with Gasteiger partial charge in [0.25, 0.3) is 0 Å². The Balaban J connectivity index is 2.68. The summed E-state index contributed by atoms with van der Waals surface area (Å²) in [5.41, 5.74) is 5.28. The van der Waals surface area contributed by atoms with Crippen molar-refractivity contribution in [2.75, 3.05) is 6.54 Å². The van der Waals surface area contributed by atoms with Crippen LogP contribution in [0.4, 0.5) is 0 Å². The van der Waals surface area contributed by atoms with Gasteiger partial charge in [0, 0.05) is 12.6 Å². The van der Waals surface area contributed by atoms with Gasteiger partial charge in [0.05, 0.1) is 11.8 Å². The lowest BCUT2D eigenvalue weighted by molar-refractivity contribution is -0.138. The summed E-state index contributed by atoms with van der Waals surface area (Å²) in [6.07, 6.45) is 3.64. The molecule has 1 aliphatic rings. The lowest BCUT2D eigenvalue weighted by Gasteiger charge is -2.30. The standard InChI is InChI=1S/C13H24N2O3/c1-9(2)10(7-11(16)17)15-12(18)13(8-14)5-3-4-6-13/h9-10H,3-8,14H2,1-2H3,(H,15,18)(H,16,17). The summed E-state index contributed by atoms with van der Waals surface area (Å²) in [4.78, 5) is 23.1. The van der Waals surface area contributed by atoms with Crippen LogP contribution in [0.5, 0.6) is 0 Å². The number of carbonyl (C=O) groups excluding carboxylic acids is 1. The van der Waals surface area contributed by atoms with Gasteiger partial charge in [-0.3, -0.25) is 9.59 Å². The molecule has 0 spiro atoms. The topological polar surface area (TPSA) is 92.4 Å². The fourth-order valence-corrected chi connectivity index (χ4v) is 2.54. The van der Waals surface area contributed by atoms with Crippen molar-refractivity contribution in [3.63, 3.8) is 0 Å². The van der Waals surface area contributed by atoms with Gasteiger partial charge in [-0.05, 0) is 18.8 Å². The first-order valence-electron chi connectivity index (χ1n) is 6.64. The highest BCUT2D eigenvalue weighted by Crippen LogP contribution is 2.37. The molecule has 0 aromatic rings. The zero-order valence-electron chi connectivity index (χ0n) is 11.2. The number of hydrogen-bond donors (Lipinski definition) is 3. The minimum atomic E-state index is -0.887. The Hall–Kier alpha value is -1.10. The van der Waals surface area contributed by atoms with E-state index >= 15 is 0 Å². The van der Waals surface area contributed by atoms with Crippen molar-refractivity contribution in [3.05, 3.63) is 0 Å². The number of aliphatic carboxylic acids is 1. The zero-order valence-corrected chi connectivity index (χ0v) is 11.2. The van der Waals surface area contributed by atoms with E-state index in [-0.39, 0.29) is 24.3 Å². The van der Waals surface area contributed by atoms with Crippen molar-refractivity contribution in [3.8, 4) is 0 Å². The van der Waals surface area contributed by atoms with Crippen molar-refractivity contribution >= 4 is 11.9 Å². The normalized spacial score (nSPS) is 19.8. The Bertz CT molecular complexity index is 309. The van der Waals surface area contributed by atoms with E-state index in [0.717, 1.165) is 25.7 Å². The fourth-order valence-electron chi connectivity index (χ4n) is 2.54. The molecule has 0 saturated heterocycles. The second-order valence-electron chi connectivity index (χ2n) is 5.61. The van der Waals surface area contributed by atoms with Gasteiger partial charge >= 0.3 is 5.97 Å². The highest BCUT2D eigenvalue weighted by Gasteiger charge is 2.40. The summed E-state index contributed by atoms with van der Waals surface area (Å²) < 4.78 is 0. The molecule has 1 atom stereocenters. The molecule has 0 aromatic carbocycles. The lowest BCUT2D eigenvalue weighted by atomic mass is 9.84. The second-order valence-corrected chi connectivity index (χ2v) is 5.61. The molecule has 4 N–H and O–H groups in total. The smallest absolute Gasteiger partial charge is 0.305 e. The van der Waals surface area contributed by atoms with Gasteiger partial charge in [-0.25, -0.2) is 0 Å². The first kappa shape index (κ1) is 15.0. The maximum Gasteiger partial charge on any atom is 0.305 e. The quantitative estimate of drug-likeness (QED) is 0.664. The van der Waals surface area contributed by atoms with Gasteiger partial charge in [0.1, 0.15) is 0 Å². The zero-order chi connectivity index (χ0) is 13.8. The Morgan fingerprint density at radius 3 is 2.28 bits per heavy atom. The predicted molar refractivity (Wildman–Crippen MR) is 69.0 cm³/mol. The number of nitrogens with two attached hydrogens (primary N) is 1. The monoisotopic (exact) mass is 256 g/mol. The first-order chi connectivity index (χ1) is 8.41. The Labute approximate surface area is 108 Å². The maximum atomic E-state index is 12.3. The van der Waals surface area contributed by atoms with E-state index in [1.54, 1.807) is 0 Å². The van der Waals surface area contributed by atoms with Crippen LogP contribution in [0.3, 0.4) is 0 Å². The highest BCUT2D eigenvalue weighted by molar-refractivity contribution is 5.84. The average molecular weight is 256 g/mol. The molecule has 0 aromatic heterocycles. The van der Waals surface area contributed by atoms with E-state index in [2.05, 4.69) is 5.32 Å². The minimum absolute atomic E-state index is 0.0376. The third kappa shape index (κ3) is 3.45. The van der Waals surface area contributed by atoms with Crippen LogP contribution in [-0.4, -0.2) is 29.6 Å². The predicted octanol–water partition coefficient (Wildman–Crippen LogP) is 1.12. The number of carboxylic acids is 1. The van der Waals surface area contributed by atoms with Crippen molar-refractivity contribution in [2.45, 2.75) is 52.0 Å². The molecule has 1 rings (SSSR count). The second kappa shape index (κ2) is 6.18. The largest absolute Gasteiger partial charge is 0.481 e. The summed E-state index contributed by atoms with van der Waals surface area (Å²) in [7, 11) is 0. The van der Waals surface area contributed by atoms with Crippen LogP contribution < -0.4 is 11.1 Å². The molecular formula is C13H24N2O3. The maximum absolute atomic E-state index is 12.3. The third-order valence-corrected chi connectivity index (χ3v) is 3.95. The Morgan fingerprint density at radius 1 is 1.33 bits per heavy atom. The van der Waals surface area contributed by atoms with Crippen LogP contribution in [0.2, 0.25) is 0 Å². The van der Waals surface area contributed by atoms with Crippen molar-refractivity contribution in [2.24, 2.45) is 17.1 Å². The van der Waals surface area contributed by atoms with Gasteiger partial charge in [0.15, 0.2) is 0 Å². The van der Waals surface area contributed by atoms with Crippen molar-refractivity contribution in [1.29, 1.82) is 0 Å². The minimum Gasteiger partial charge on any atom is -0.481 e. The number of carbonyl (C=O) groups is 2. The number of amides is 1.